The summed E-state index contributed by atoms with van der Waals surface area (Å²) in [6.07, 6.45) is 3.87. The number of anilines is 2. The molecule has 96 valence electrons. The van der Waals surface area contributed by atoms with Gasteiger partial charge >= 0.3 is 0 Å². The quantitative estimate of drug-likeness (QED) is 0.882. The summed E-state index contributed by atoms with van der Waals surface area (Å²) >= 11 is 0. The largest absolute Gasteiger partial charge is 0.325 e. The molecule has 3 nitrogen and oxygen atoms in total. The summed E-state index contributed by atoms with van der Waals surface area (Å²) in [4.78, 5) is 4.40. The van der Waals surface area contributed by atoms with Crippen LogP contribution < -0.4 is 5.32 Å². The molecule has 0 aliphatic rings. The maximum atomic E-state index is 4.40. The standard InChI is InChI=1S/C15H21N3/c1-11(2)10-18-9-8-16-15(18)17-14-12(3)6-5-7-13(14)4/h5-9,11H,10H2,1-4H3,(H,16,17). The first-order chi connectivity index (χ1) is 8.58. The van der Waals surface area contributed by atoms with Crippen molar-refractivity contribution in [3.05, 3.63) is 41.7 Å². The number of hydrogen-bond donors (Lipinski definition) is 1. The van der Waals surface area contributed by atoms with Gasteiger partial charge in [0.15, 0.2) is 0 Å². The molecule has 0 aliphatic carbocycles. The number of aromatic nitrogens is 2. The van der Waals surface area contributed by atoms with Crippen LogP contribution in [0.25, 0.3) is 0 Å². The van der Waals surface area contributed by atoms with Gasteiger partial charge in [-0.15, -0.1) is 0 Å². The fourth-order valence-corrected chi connectivity index (χ4v) is 2.10. The molecule has 0 aliphatic heterocycles. The zero-order chi connectivity index (χ0) is 13.1. The normalized spacial score (nSPS) is 10.9. The number of nitrogens with one attached hydrogen (secondary N) is 1. The number of para-hydroxylation sites is 1. The molecule has 18 heavy (non-hydrogen) atoms. The topological polar surface area (TPSA) is 29.9 Å². The summed E-state index contributed by atoms with van der Waals surface area (Å²) in [6.45, 7) is 9.63. The van der Waals surface area contributed by atoms with Crippen LogP contribution in [0.3, 0.4) is 0 Å². The van der Waals surface area contributed by atoms with Crippen LogP contribution in [0.2, 0.25) is 0 Å². The highest BCUT2D eigenvalue weighted by Gasteiger charge is 2.07. The van der Waals surface area contributed by atoms with Crippen molar-refractivity contribution < 1.29 is 0 Å². The molecule has 0 fully saturated rings. The number of imidazole rings is 1. The molecule has 0 saturated carbocycles. The maximum Gasteiger partial charge on any atom is 0.207 e. The Bertz CT molecular complexity index is 506. The lowest BCUT2D eigenvalue weighted by Crippen LogP contribution is -2.08. The summed E-state index contributed by atoms with van der Waals surface area (Å²) in [5.41, 5.74) is 3.65. The van der Waals surface area contributed by atoms with E-state index in [0.29, 0.717) is 5.92 Å². The predicted octanol–water partition coefficient (Wildman–Crippen LogP) is 3.90. The van der Waals surface area contributed by atoms with Crippen LogP contribution in [-0.2, 0) is 6.54 Å². The molecule has 0 amide bonds. The van der Waals surface area contributed by atoms with E-state index in [1.54, 1.807) is 0 Å². The minimum atomic E-state index is 0.609. The second-order valence-electron chi connectivity index (χ2n) is 5.19. The SMILES string of the molecule is Cc1cccc(C)c1Nc1nccn1CC(C)C. The van der Waals surface area contributed by atoms with Gasteiger partial charge in [-0.2, -0.15) is 0 Å². The summed E-state index contributed by atoms with van der Waals surface area (Å²) < 4.78 is 2.16. The van der Waals surface area contributed by atoms with E-state index in [9.17, 15) is 0 Å². The first-order valence-electron chi connectivity index (χ1n) is 6.42. The van der Waals surface area contributed by atoms with Crippen LogP contribution in [0.5, 0.6) is 0 Å². The van der Waals surface area contributed by atoms with Crippen molar-refractivity contribution in [1.29, 1.82) is 0 Å². The summed E-state index contributed by atoms with van der Waals surface area (Å²) in [7, 11) is 0. The highest BCUT2D eigenvalue weighted by atomic mass is 15.2. The van der Waals surface area contributed by atoms with Crippen molar-refractivity contribution >= 4 is 11.6 Å². The van der Waals surface area contributed by atoms with Crippen LogP contribution in [0, 0.1) is 19.8 Å². The van der Waals surface area contributed by atoms with Crippen molar-refractivity contribution in [2.75, 3.05) is 5.32 Å². The third kappa shape index (κ3) is 2.73. The smallest absolute Gasteiger partial charge is 0.207 e. The molecule has 0 atom stereocenters. The average Bonchev–Trinajstić information content (AvgIpc) is 2.70. The van der Waals surface area contributed by atoms with Crippen molar-refractivity contribution in [3.63, 3.8) is 0 Å². The van der Waals surface area contributed by atoms with Gasteiger partial charge < -0.3 is 9.88 Å². The van der Waals surface area contributed by atoms with Gasteiger partial charge in [-0.3, -0.25) is 0 Å². The molecule has 1 N–H and O–H groups in total. The van der Waals surface area contributed by atoms with Crippen LogP contribution in [0.4, 0.5) is 11.6 Å². The molecule has 2 rings (SSSR count). The monoisotopic (exact) mass is 243 g/mol. The lowest BCUT2D eigenvalue weighted by atomic mass is 10.1. The molecule has 0 spiro atoms. The number of benzene rings is 1. The molecule has 3 heteroatoms. The molecule has 1 heterocycles. The fourth-order valence-electron chi connectivity index (χ4n) is 2.10. The first kappa shape index (κ1) is 12.7. The van der Waals surface area contributed by atoms with Crippen LogP contribution >= 0.6 is 0 Å². The van der Waals surface area contributed by atoms with Crippen molar-refractivity contribution in [3.8, 4) is 0 Å². The molecule has 1 aromatic carbocycles. The van der Waals surface area contributed by atoms with Crippen LogP contribution in [0.15, 0.2) is 30.6 Å². The van der Waals surface area contributed by atoms with Gasteiger partial charge in [0, 0.05) is 24.6 Å². The summed E-state index contributed by atoms with van der Waals surface area (Å²) in [6, 6.07) is 6.31. The Kier molecular flexibility index (Phi) is 3.70. The number of rotatable bonds is 4. The van der Waals surface area contributed by atoms with Gasteiger partial charge in [0.1, 0.15) is 0 Å². The third-order valence-electron chi connectivity index (χ3n) is 3.00. The summed E-state index contributed by atoms with van der Waals surface area (Å²) in [5.74, 6) is 1.53. The highest BCUT2D eigenvalue weighted by molar-refractivity contribution is 5.62. The van der Waals surface area contributed by atoms with Gasteiger partial charge in [-0.1, -0.05) is 32.0 Å². The molecule has 2 aromatic rings. The Hall–Kier alpha value is -1.77. The minimum absolute atomic E-state index is 0.609. The van der Waals surface area contributed by atoms with E-state index in [4.69, 9.17) is 0 Å². The third-order valence-corrected chi connectivity index (χ3v) is 3.00. The average molecular weight is 243 g/mol. The lowest BCUT2D eigenvalue weighted by Gasteiger charge is -2.15. The maximum absolute atomic E-state index is 4.40. The van der Waals surface area contributed by atoms with Gasteiger partial charge in [-0.05, 0) is 30.9 Å². The lowest BCUT2D eigenvalue weighted by molar-refractivity contribution is 0.527. The predicted molar refractivity (Wildman–Crippen MR) is 76.3 cm³/mol. The molecule has 0 unspecified atom stereocenters. The molecule has 0 saturated heterocycles. The van der Waals surface area contributed by atoms with Gasteiger partial charge in [0.05, 0.1) is 0 Å². The Morgan fingerprint density at radius 1 is 1.22 bits per heavy atom. The Balaban J connectivity index is 2.26. The van der Waals surface area contributed by atoms with E-state index in [-0.39, 0.29) is 0 Å². The fraction of sp³-hybridized carbons (Fsp3) is 0.400. The molecule has 1 aromatic heterocycles. The van der Waals surface area contributed by atoms with Crippen molar-refractivity contribution in [2.45, 2.75) is 34.2 Å². The van der Waals surface area contributed by atoms with Crippen LogP contribution in [0.1, 0.15) is 25.0 Å². The molecule has 0 bridgehead atoms. The van der Waals surface area contributed by atoms with Gasteiger partial charge in [-0.25, -0.2) is 4.98 Å². The van der Waals surface area contributed by atoms with E-state index in [1.807, 2.05) is 12.4 Å². The highest BCUT2D eigenvalue weighted by Crippen LogP contribution is 2.23. The van der Waals surface area contributed by atoms with E-state index in [0.717, 1.165) is 18.2 Å². The Morgan fingerprint density at radius 2 is 1.89 bits per heavy atom. The van der Waals surface area contributed by atoms with E-state index in [1.165, 1.54) is 11.1 Å². The first-order valence-corrected chi connectivity index (χ1v) is 6.42. The van der Waals surface area contributed by atoms with Gasteiger partial charge in [0.25, 0.3) is 0 Å². The molecule has 0 radical (unpaired) electrons. The van der Waals surface area contributed by atoms with E-state index >= 15 is 0 Å². The van der Waals surface area contributed by atoms with Crippen LogP contribution in [-0.4, -0.2) is 9.55 Å². The van der Waals surface area contributed by atoms with Gasteiger partial charge in [0.2, 0.25) is 5.95 Å². The second kappa shape index (κ2) is 5.25. The van der Waals surface area contributed by atoms with E-state index in [2.05, 4.69) is 60.8 Å². The second-order valence-corrected chi connectivity index (χ2v) is 5.19. The van der Waals surface area contributed by atoms with Crippen molar-refractivity contribution in [2.24, 2.45) is 5.92 Å². The number of aryl methyl sites for hydroxylation is 2. The minimum Gasteiger partial charge on any atom is -0.325 e. The molecular formula is C15H21N3. The Labute approximate surface area is 109 Å². The number of hydrogen-bond acceptors (Lipinski definition) is 2. The zero-order valence-electron chi connectivity index (χ0n) is 11.6. The Morgan fingerprint density at radius 3 is 2.50 bits per heavy atom. The molecular weight excluding hydrogens is 222 g/mol. The zero-order valence-corrected chi connectivity index (χ0v) is 11.6. The van der Waals surface area contributed by atoms with E-state index < -0.39 is 0 Å². The summed E-state index contributed by atoms with van der Waals surface area (Å²) in [5, 5.41) is 3.45. The van der Waals surface area contributed by atoms with Crippen molar-refractivity contribution in [1.82, 2.24) is 9.55 Å². The number of nitrogens with zero attached hydrogens (tertiary/aromatic N) is 2.